The van der Waals surface area contributed by atoms with Crippen LogP contribution >= 0.6 is 35.0 Å². The molecule has 0 fully saturated rings. The lowest BCUT2D eigenvalue weighted by molar-refractivity contribution is -0.113. The molecule has 1 aromatic heterocycles. The number of rotatable bonds is 4. The number of aromatic nitrogens is 1. The molecule has 0 atom stereocenters. The number of hydrogen-bond acceptors (Lipinski definition) is 3. The number of pyridine rings is 1. The summed E-state index contributed by atoms with van der Waals surface area (Å²) in [5, 5.41) is 4.73. The van der Waals surface area contributed by atoms with Gasteiger partial charge in [-0.25, -0.2) is 0 Å². The summed E-state index contributed by atoms with van der Waals surface area (Å²) in [6, 6.07) is 14.8. The van der Waals surface area contributed by atoms with Gasteiger partial charge in [0.25, 0.3) is 0 Å². The predicted molar refractivity (Wildman–Crippen MR) is 97.6 cm³/mol. The Hall–Kier alpha value is -1.75. The summed E-state index contributed by atoms with van der Waals surface area (Å²) in [6.07, 6.45) is 1.75. The number of halogens is 2. The minimum Gasteiger partial charge on any atom is -0.325 e. The fourth-order valence-electron chi connectivity index (χ4n) is 2.11. The van der Waals surface area contributed by atoms with Gasteiger partial charge in [0.2, 0.25) is 5.91 Å². The third-order valence-corrected chi connectivity index (χ3v) is 4.94. The largest absolute Gasteiger partial charge is 0.325 e. The molecule has 0 radical (unpaired) electrons. The van der Waals surface area contributed by atoms with E-state index in [-0.39, 0.29) is 11.7 Å². The highest BCUT2D eigenvalue weighted by molar-refractivity contribution is 8.00. The SMILES string of the molecule is O=C(CSc1cccc2cccnc12)Nc1ccc(Cl)c(Cl)c1. The zero-order valence-corrected chi connectivity index (χ0v) is 14.3. The summed E-state index contributed by atoms with van der Waals surface area (Å²) in [4.78, 5) is 17.4. The lowest BCUT2D eigenvalue weighted by atomic mass is 10.2. The fourth-order valence-corrected chi connectivity index (χ4v) is 3.25. The molecule has 0 bridgehead atoms. The van der Waals surface area contributed by atoms with Crippen LogP contribution in [0.1, 0.15) is 0 Å². The molecule has 0 spiro atoms. The van der Waals surface area contributed by atoms with E-state index in [0.717, 1.165) is 15.8 Å². The van der Waals surface area contributed by atoms with Gasteiger partial charge in [0.05, 0.1) is 21.3 Å². The third kappa shape index (κ3) is 3.96. The van der Waals surface area contributed by atoms with Crippen LogP contribution in [0.25, 0.3) is 10.9 Å². The van der Waals surface area contributed by atoms with E-state index in [0.29, 0.717) is 15.7 Å². The molecular weight excluding hydrogens is 351 g/mol. The number of hydrogen-bond donors (Lipinski definition) is 1. The minimum atomic E-state index is -0.110. The molecule has 1 amide bonds. The number of fused-ring (bicyclic) bond motifs is 1. The van der Waals surface area contributed by atoms with Crippen LogP contribution < -0.4 is 5.32 Å². The van der Waals surface area contributed by atoms with Gasteiger partial charge >= 0.3 is 0 Å². The first-order chi connectivity index (χ1) is 11.1. The van der Waals surface area contributed by atoms with Crippen LogP contribution in [-0.2, 0) is 4.79 Å². The number of thioether (sulfide) groups is 1. The van der Waals surface area contributed by atoms with E-state index in [1.54, 1.807) is 24.4 Å². The molecule has 1 heterocycles. The molecule has 0 saturated carbocycles. The van der Waals surface area contributed by atoms with Crippen LogP contribution in [0, 0.1) is 0 Å². The first kappa shape index (κ1) is 16.1. The number of anilines is 1. The maximum Gasteiger partial charge on any atom is 0.234 e. The summed E-state index contributed by atoms with van der Waals surface area (Å²) in [5.41, 5.74) is 1.53. The van der Waals surface area contributed by atoms with Gasteiger partial charge in [-0.05, 0) is 30.3 Å². The van der Waals surface area contributed by atoms with Crippen molar-refractivity contribution in [2.45, 2.75) is 4.90 Å². The Morgan fingerprint density at radius 1 is 1.09 bits per heavy atom. The molecule has 3 aromatic rings. The van der Waals surface area contributed by atoms with Gasteiger partial charge in [0.15, 0.2) is 0 Å². The van der Waals surface area contributed by atoms with Crippen molar-refractivity contribution in [3.63, 3.8) is 0 Å². The lowest BCUT2D eigenvalue weighted by Crippen LogP contribution is -2.13. The van der Waals surface area contributed by atoms with Crippen LogP contribution in [0.15, 0.2) is 59.6 Å². The maximum absolute atomic E-state index is 12.1. The number of nitrogens with zero attached hydrogens (tertiary/aromatic N) is 1. The molecule has 2 aromatic carbocycles. The van der Waals surface area contributed by atoms with Crippen molar-refractivity contribution >= 4 is 57.5 Å². The number of carbonyl (C=O) groups is 1. The molecule has 1 N–H and O–H groups in total. The summed E-state index contributed by atoms with van der Waals surface area (Å²) >= 11 is 13.2. The van der Waals surface area contributed by atoms with Gasteiger partial charge in [0, 0.05) is 22.2 Å². The first-order valence-electron chi connectivity index (χ1n) is 6.85. The number of amides is 1. The second-order valence-electron chi connectivity index (χ2n) is 4.80. The monoisotopic (exact) mass is 362 g/mol. The molecular formula is C17H12Cl2N2OS. The Bertz CT molecular complexity index is 865. The molecule has 0 aliphatic carbocycles. The summed E-state index contributed by atoms with van der Waals surface area (Å²) < 4.78 is 0. The Labute approximate surface area is 148 Å². The molecule has 0 aliphatic heterocycles. The Balaban J connectivity index is 1.67. The summed E-state index contributed by atoms with van der Waals surface area (Å²) in [6.45, 7) is 0. The molecule has 3 rings (SSSR count). The molecule has 23 heavy (non-hydrogen) atoms. The Morgan fingerprint density at radius 3 is 2.74 bits per heavy atom. The van der Waals surface area contributed by atoms with Crippen LogP contribution in [0.3, 0.4) is 0 Å². The molecule has 0 unspecified atom stereocenters. The average Bonchev–Trinajstić information content (AvgIpc) is 2.56. The summed E-state index contributed by atoms with van der Waals surface area (Å²) in [7, 11) is 0. The molecule has 0 aliphatic rings. The number of para-hydroxylation sites is 1. The van der Waals surface area contributed by atoms with E-state index in [4.69, 9.17) is 23.2 Å². The van der Waals surface area contributed by atoms with Crippen LogP contribution in [0.5, 0.6) is 0 Å². The normalized spacial score (nSPS) is 10.7. The third-order valence-electron chi connectivity index (χ3n) is 3.16. The highest BCUT2D eigenvalue weighted by Gasteiger charge is 2.08. The standard InChI is InChI=1S/C17H12Cl2N2OS/c18-13-7-6-12(9-14(13)19)21-16(22)10-23-15-5-1-3-11-4-2-8-20-17(11)15/h1-9H,10H2,(H,21,22). The molecule has 6 heteroatoms. The van der Waals surface area contributed by atoms with Crippen molar-refractivity contribution in [3.05, 3.63) is 64.8 Å². The van der Waals surface area contributed by atoms with Crippen molar-refractivity contribution in [2.75, 3.05) is 11.1 Å². The van der Waals surface area contributed by atoms with Crippen molar-refractivity contribution in [1.82, 2.24) is 4.98 Å². The van der Waals surface area contributed by atoms with E-state index >= 15 is 0 Å². The van der Waals surface area contributed by atoms with Crippen LogP contribution in [-0.4, -0.2) is 16.6 Å². The zero-order chi connectivity index (χ0) is 16.2. The highest BCUT2D eigenvalue weighted by atomic mass is 35.5. The first-order valence-corrected chi connectivity index (χ1v) is 8.59. The fraction of sp³-hybridized carbons (Fsp3) is 0.0588. The quantitative estimate of drug-likeness (QED) is 0.642. The lowest BCUT2D eigenvalue weighted by Gasteiger charge is -2.07. The Kier molecular flexibility index (Phi) is 5.06. The van der Waals surface area contributed by atoms with Crippen molar-refractivity contribution < 1.29 is 4.79 Å². The van der Waals surface area contributed by atoms with Gasteiger partial charge < -0.3 is 5.32 Å². The highest BCUT2D eigenvalue weighted by Crippen LogP contribution is 2.27. The number of benzene rings is 2. The number of nitrogens with one attached hydrogen (secondary N) is 1. The van der Waals surface area contributed by atoms with Crippen molar-refractivity contribution in [2.24, 2.45) is 0 Å². The van der Waals surface area contributed by atoms with Crippen molar-refractivity contribution in [3.8, 4) is 0 Å². The summed E-state index contributed by atoms with van der Waals surface area (Å²) in [5.74, 6) is 0.178. The van der Waals surface area contributed by atoms with Gasteiger partial charge in [-0.1, -0.05) is 41.4 Å². The molecule has 116 valence electrons. The van der Waals surface area contributed by atoms with E-state index < -0.39 is 0 Å². The topological polar surface area (TPSA) is 42.0 Å². The van der Waals surface area contributed by atoms with E-state index in [1.807, 2.05) is 30.3 Å². The molecule has 3 nitrogen and oxygen atoms in total. The predicted octanol–water partition coefficient (Wildman–Crippen LogP) is 5.27. The smallest absolute Gasteiger partial charge is 0.234 e. The van der Waals surface area contributed by atoms with Gasteiger partial charge in [-0.2, -0.15) is 0 Å². The van der Waals surface area contributed by atoms with E-state index in [2.05, 4.69) is 10.3 Å². The zero-order valence-electron chi connectivity index (χ0n) is 11.9. The van der Waals surface area contributed by atoms with Gasteiger partial charge in [-0.15, -0.1) is 11.8 Å². The van der Waals surface area contributed by atoms with Gasteiger partial charge in [0.1, 0.15) is 0 Å². The van der Waals surface area contributed by atoms with E-state index in [1.165, 1.54) is 11.8 Å². The second kappa shape index (κ2) is 7.21. The van der Waals surface area contributed by atoms with Crippen molar-refractivity contribution in [1.29, 1.82) is 0 Å². The molecule has 0 saturated heterocycles. The Morgan fingerprint density at radius 2 is 1.91 bits per heavy atom. The average molecular weight is 363 g/mol. The maximum atomic E-state index is 12.1. The second-order valence-corrected chi connectivity index (χ2v) is 6.63. The van der Waals surface area contributed by atoms with Gasteiger partial charge in [-0.3, -0.25) is 9.78 Å². The minimum absolute atomic E-state index is 0.110. The van der Waals surface area contributed by atoms with E-state index in [9.17, 15) is 4.79 Å². The number of carbonyl (C=O) groups excluding carboxylic acids is 1. The van der Waals surface area contributed by atoms with Crippen LogP contribution in [0.4, 0.5) is 5.69 Å². The van der Waals surface area contributed by atoms with Crippen LogP contribution in [0.2, 0.25) is 10.0 Å².